The monoisotopic (exact) mass is 415 g/mol. The highest BCUT2D eigenvalue weighted by molar-refractivity contribution is 5.77. The van der Waals surface area contributed by atoms with Gasteiger partial charge in [-0.05, 0) is 38.3 Å². The van der Waals surface area contributed by atoms with Crippen LogP contribution >= 0.6 is 0 Å². The molecule has 2 heterocycles. The van der Waals surface area contributed by atoms with Crippen LogP contribution in [0.2, 0.25) is 0 Å². The number of anilines is 1. The van der Waals surface area contributed by atoms with Crippen molar-refractivity contribution >= 4 is 17.3 Å². The van der Waals surface area contributed by atoms with E-state index in [1.54, 1.807) is 9.80 Å². The Morgan fingerprint density at radius 1 is 1.24 bits per heavy atom. The Kier molecular flexibility index (Phi) is 6.30. The van der Waals surface area contributed by atoms with Crippen LogP contribution in [0.3, 0.4) is 0 Å². The van der Waals surface area contributed by atoms with Gasteiger partial charge in [0.05, 0.1) is 23.1 Å². The van der Waals surface area contributed by atoms with Crippen molar-refractivity contribution in [3.8, 4) is 0 Å². The molecule has 1 aromatic rings. The number of benzene rings is 1. The van der Waals surface area contributed by atoms with Crippen molar-refractivity contribution in [1.82, 2.24) is 4.90 Å². The minimum atomic E-state index is -4.64. The van der Waals surface area contributed by atoms with Crippen LogP contribution in [0.1, 0.15) is 31.7 Å². The van der Waals surface area contributed by atoms with E-state index in [-0.39, 0.29) is 11.6 Å². The third kappa shape index (κ3) is 4.98. The molecule has 160 valence electrons. The molecule has 0 saturated carbocycles. The minimum Gasteiger partial charge on any atom is -0.362 e. The number of likely N-dealkylation sites (tertiary alicyclic amines) is 1. The first-order valence-corrected chi connectivity index (χ1v) is 9.89. The fourth-order valence-corrected chi connectivity index (χ4v) is 4.13. The Hall–Kier alpha value is -2.36. The molecule has 0 radical (unpaired) electrons. The van der Waals surface area contributed by atoms with Crippen LogP contribution in [0.15, 0.2) is 18.2 Å². The average molecular weight is 415 g/mol. The number of quaternary nitrogens is 1. The highest BCUT2D eigenvalue weighted by Gasteiger charge is 2.35. The van der Waals surface area contributed by atoms with Crippen LogP contribution in [-0.4, -0.2) is 61.0 Å². The Morgan fingerprint density at radius 2 is 1.93 bits per heavy atom. The predicted octanol–water partition coefficient (Wildman–Crippen LogP) is 1.72. The fourth-order valence-electron chi connectivity index (χ4n) is 4.13. The summed E-state index contributed by atoms with van der Waals surface area (Å²) in [6, 6.07) is 3.05. The molecular weight excluding hydrogens is 389 g/mol. The Labute approximate surface area is 167 Å². The van der Waals surface area contributed by atoms with E-state index in [4.69, 9.17) is 0 Å². The van der Waals surface area contributed by atoms with Gasteiger partial charge in [0.2, 0.25) is 0 Å². The fraction of sp³-hybridized carbons (Fsp3) is 0.632. The maximum absolute atomic E-state index is 12.9. The van der Waals surface area contributed by atoms with E-state index >= 15 is 0 Å². The van der Waals surface area contributed by atoms with Gasteiger partial charge in [-0.15, -0.1) is 0 Å². The summed E-state index contributed by atoms with van der Waals surface area (Å²) in [4.78, 5) is 27.9. The number of halogens is 3. The van der Waals surface area contributed by atoms with Gasteiger partial charge in [-0.2, -0.15) is 13.2 Å². The molecule has 2 aliphatic heterocycles. The molecule has 1 aromatic carbocycles. The SMILES string of the molecule is C[C@H]1CCCC[NH+]1CC(=O)N1CCN(c2ccc(C(F)(F)F)cc2[N+](=O)[O-])CC1. The van der Waals surface area contributed by atoms with E-state index in [2.05, 4.69) is 6.92 Å². The molecule has 10 heteroatoms. The summed E-state index contributed by atoms with van der Waals surface area (Å²) < 4.78 is 38.6. The summed E-state index contributed by atoms with van der Waals surface area (Å²) in [6.07, 6.45) is -1.20. The molecule has 0 aromatic heterocycles. The zero-order valence-electron chi connectivity index (χ0n) is 16.4. The van der Waals surface area contributed by atoms with Crippen molar-refractivity contribution in [3.05, 3.63) is 33.9 Å². The first kappa shape index (κ1) is 21.4. The van der Waals surface area contributed by atoms with Crippen molar-refractivity contribution < 1.29 is 27.8 Å². The van der Waals surface area contributed by atoms with Gasteiger partial charge in [0.25, 0.3) is 11.6 Å². The average Bonchev–Trinajstić information content (AvgIpc) is 2.68. The number of piperidine rings is 1. The number of carbonyl (C=O) groups is 1. The number of nitrogens with one attached hydrogen (secondary N) is 1. The van der Waals surface area contributed by atoms with Crippen molar-refractivity contribution in [2.24, 2.45) is 0 Å². The smallest absolute Gasteiger partial charge is 0.362 e. The van der Waals surface area contributed by atoms with Crippen molar-refractivity contribution in [1.29, 1.82) is 0 Å². The molecule has 1 amide bonds. The highest BCUT2D eigenvalue weighted by Crippen LogP contribution is 2.36. The Balaban J connectivity index is 1.64. The number of hydrogen-bond acceptors (Lipinski definition) is 4. The molecule has 0 bridgehead atoms. The second kappa shape index (κ2) is 8.56. The summed E-state index contributed by atoms with van der Waals surface area (Å²) >= 11 is 0. The topological polar surface area (TPSA) is 71.1 Å². The number of rotatable bonds is 4. The number of piperazine rings is 1. The van der Waals surface area contributed by atoms with Crippen molar-refractivity contribution in [2.45, 2.75) is 38.4 Å². The minimum absolute atomic E-state index is 0.0651. The molecule has 2 aliphatic rings. The number of amides is 1. The predicted molar refractivity (Wildman–Crippen MR) is 101 cm³/mol. The zero-order valence-corrected chi connectivity index (χ0v) is 16.4. The molecule has 1 N–H and O–H groups in total. The van der Waals surface area contributed by atoms with E-state index in [9.17, 15) is 28.1 Å². The third-order valence-electron chi connectivity index (χ3n) is 5.93. The number of nitro groups is 1. The van der Waals surface area contributed by atoms with E-state index < -0.39 is 22.4 Å². The number of alkyl halides is 3. The zero-order chi connectivity index (χ0) is 21.2. The summed E-state index contributed by atoms with van der Waals surface area (Å²) in [5, 5.41) is 11.3. The number of nitrogens with zero attached hydrogens (tertiary/aromatic N) is 3. The van der Waals surface area contributed by atoms with Gasteiger partial charge in [-0.25, -0.2) is 0 Å². The summed E-state index contributed by atoms with van der Waals surface area (Å²) in [5.74, 6) is 0.0651. The molecule has 2 saturated heterocycles. The van der Waals surface area contributed by atoms with Crippen molar-refractivity contribution in [2.75, 3.05) is 44.2 Å². The third-order valence-corrected chi connectivity index (χ3v) is 5.93. The molecule has 0 spiro atoms. The standard InChI is InChI=1S/C19H25F3N4O3/c1-14-4-2-3-7-25(14)13-18(27)24-10-8-23(9-11-24)16-6-5-15(19(20,21)22)12-17(16)26(28)29/h5-6,12,14H,2-4,7-11,13H2,1H3/p+1/t14-/m0/s1. The maximum atomic E-state index is 12.9. The number of nitro benzene ring substituents is 1. The second-order valence-corrected chi connectivity index (χ2v) is 7.81. The van der Waals surface area contributed by atoms with E-state index in [0.29, 0.717) is 44.8 Å². The molecule has 0 aliphatic carbocycles. The normalized spacial score (nSPS) is 23.2. The van der Waals surface area contributed by atoms with E-state index in [1.807, 2.05) is 0 Å². The van der Waals surface area contributed by atoms with Crippen LogP contribution in [0, 0.1) is 10.1 Å². The van der Waals surface area contributed by atoms with Crippen LogP contribution in [0.5, 0.6) is 0 Å². The van der Waals surface area contributed by atoms with Gasteiger partial charge >= 0.3 is 6.18 Å². The second-order valence-electron chi connectivity index (χ2n) is 7.81. The quantitative estimate of drug-likeness (QED) is 0.601. The lowest BCUT2D eigenvalue weighted by atomic mass is 10.0. The lowest BCUT2D eigenvalue weighted by Crippen LogP contribution is -3.17. The molecular formula is C19H26F3N4O3+. The van der Waals surface area contributed by atoms with Gasteiger partial charge < -0.3 is 14.7 Å². The Morgan fingerprint density at radius 3 is 2.52 bits per heavy atom. The van der Waals surface area contributed by atoms with Gasteiger partial charge in [-0.3, -0.25) is 14.9 Å². The maximum Gasteiger partial charge on any atom is 0.416 e. The molecule has 3 rings (SSSR count). The molecule has 1 unspecified atom stereocenters. The van der Waals surface area contributed by atoms with Crippen LogP contribution in [0.25, 0.3) is 0 Å². The van der Waals surface area contributed by atoms with Gasteiger partial charge in [-0.1, -0.05) is 0 Å². The van der Waals surface area contributed by atoms with Gasteiger partial charge in [0, 0.05) is 32.2 Å². The van der Waals surface area contributed by atoms with Crippen LogP contribution in [-0.2, 0) is 11.0 Å². The van der Waals surface area contributed by atoms with Crippen LogP contribution in [0.4, 0.5) is 24.5 Å². The first-order valence-electron chi connectivity index (χ1n) is 9.89. The van der Waals surface area contributed by atoms with E-state index in [0.717, 1.165) is 31.5 Å². The first-order chi connectivity index (χ1) is 13.7. The molecule has 29 heavy (non-hydrogen) atoms. The lowest BCUT2D eigenvalue weighted by Gasteiger charge is -2.37. The molecule has 7 nitrogen and oxygen atoms in total. The summed E-state index contributed by atoms with van der Waals surface area (Å²) in [7, 11) is 0. The van der Waals surface area contributed by atoms with Crippen molar-refractivity contribution in [3.63, 3.8) is 0 Å². The number of hydrogen-bond donors (Lipinski definition) is 1. The summed E-state index contributed by atoms with van der Waals surface area (Å²) in [6.45, 7) is 5.10. The van der Waals surface area contributed by atoms with Crippen LogP contribution < -0.4 is 9.80 Å². The highest BCUT2D eigenvalue weighted by atomic mass is 19.4. The molecule has 2 atom stereocenters. The Bertz CT molecular complexity index is 764. The largest absolute Gasteiger partial charge is 0.416 e. The molecule has 2 fully saturated rings. The lowest BCUT2D eigenvalue weighted by molar-refractivity contribution is -0.921. The van der Waals surface area contributed by atoms with Gasteiger partial charge in [0.15, 0.2) is 6.54 Å². The van der Waals surface area contributed by atoms with E-state index in [1.165, 1.54) is 11.3 Å². The number of carbonyl (C=O) groups excluding carboxylic acids is 1. The van der Waals surface area contributed by atoms with Gasteiger partial charge in [0.1, 0.15) is 5.69 Å². The summed E-state index contributed by atoms with van der Waals surface area (Å²) in [5.41, 5.74) is -1.45.